The lowest BCUT2D eigenvalue weighted by atomic mass is 10.1. The van der Waals surface area contributed by atoms with E-state index < -0.39 is 17.7 Å². The van der Waals surface area contributed by atoms with E-state index in [2.05, 4.69) is 4.98 Å². The zero-order chi connectivity index (χ0) is 15.6. The molecule has 2 aromatic rings. The van der Waals surface area contributed by atoms with Gasteiger partial charge in [0.2, 0.25) is 0 Å². The number of likely N-dealkylation sites (N-methyl/N-ethyl adjacent to an activating group) is 1. The van der Waals surface area contributed by atoms with E-state index in [9.17, 15) is 9.59 Å². The maximum absolute atomic E-state index is 12.1. The second-order valence-corrected chi connectivity index (χ2v) is 6.00. The molecule has 1 aromatic carbocycles. The van der Waals surface area contributed by atoms with Crippen LogP contribution < -0.4 is 0 Å². The fourth-order valence-electron chi connectivity index (χ4n) is 2.10. The van der Waals surface area contributed by atoms with E-state index in [4.69, 9.17) is 4.74 Å². The molecule has 0 aliphatic rings. The third-order valence-corrected chi connectivity index (χ3v) is 3.15. The van der Waals surface area contributed by atoms with Gasteiger partial charge in [-0.25, -0.2) is 4.79 Å². The third-order valence-electron chi connectivity index (χ3n) is 3.15. The SMILES string of the molecule is CN(C(=O)OC(C)(C)C)C(C=O)c1ccc2[nH]ccc2c1. The molecule has 0 radical (unpaired) electrons. The fourth-order valence-corrected chi connectivity index (χ4v) is 2.10. The van der Waals surface area contributed by atoms with Crippen LogP contribution in [0.25, 0.3) is 10.9 Å². The van der Waals surface area contributed by atoms with Gasteiger partial charge in [-0.1, -0.05) is 6.07 Å². The van der Waals surface area contributed by atoms with Crippen LogP contribution in [0.4, 0.5) is 4.79 Å². The Kier molecular flexibility index (Phi) is 4.02. The van der Waals surface area contributed by atoms with E-state index in [1.807, 2.05) is 30.5 Å². The summed E-state index contributed by atoms with van der Waals surface area (Å²) in [7, 11) is 1.56. The quantitative estimate of drug-likeness (QED) is 0.882. The standard InChI is InChI=1S/C16H20N2O3/c1-16(2,3)21-15(20)18(4)14(10-19)12-5-6-13-11(9-12)7-8-17-13/h5-10,14,17H,1-4H3. The minimum absolute atomic E-state index is 0.520. The summed E-state index contributed by atoms with van der Waals surface area (Å²) in [5.41, 5.74) is 1.15. The van der Waals surface area contributed by atoms with Gasteiger partial charge in [-0.2, -0.15) is 0 Å². The highest BCUT2D eigenvalue weighted by atomic mass is 16.6. The molecule has 0 saturated carbocycles. The average Bonchev–Trinajstić information content (AvgIpc) is 2.84. The smallest absolute Gasteiger partial charge is 0.410 e. The first kappa shape index (κ1) is 15.1. The predicted octanol–water partition coefficient (Wildman–Crippen LogP) is 3.27. The van der Waals surface area contributed by atoms with Crippen molar-refractivity contribution in [2.45, 2.75) is 32.4 Å². The summed E-state index contributed by atoms with van der Waals surface area (Å²) in [5, 5.41) is 0.997. The number of aromatic nitrogens is 1. The van der Waals surface area contributed by atoms with Crippen molar-refractivity contribution in [1.29, 1.82) is 0 Å². The lowest BCUT2D eigenvalue weighted by molar-refractivity contribution is -0.112. The number of fused-ring (bicyclic) bond motifs is 1. The van der Waals surface area contributed by atoms with Crippen molar-refractivity contribution in [1.82, 2.24) is 9.88 Å². The number of rotatable bonds is 3. The van der Waals surface area contributed by atoms with Gasteiger partial charge < -0.3 is 14.5 Å². The van der Waals surface area contributed by atoms with Crippen LogP contribution in [0, 0.1) is 0 Å². The molecule has 1 atom stereocenters. The topological polar surface area (TPSA) is 62.4 Å². The predicted molar refractivity (Wildman–Crippen MR) is 81.1 cm³/mol. The van der Waals surface area contributed by atoms with Crippen molar-refractivity contribution >= 4 is 23.3 Å². The van der Waals surface area contributed by atoms with Crippen LogP contribution in [-0.4, -0.2) is 34.9 Å². The minimum Gasteiger partial charge on any atom is -0.444 e. The van der Waals surface area contributed by atoms with Crippen molar-refractivity contribution in [3.05, 3.63) is 36.0 Å². The number of amides is 1. The Labute approximate surface area is 123 Å². The second-order valence-electron chi connectivity index (χ2n) is 6.00. The zero-order valence-corrected chi connectivity index (χ0v) is 12.7. The molecule has 0 spiro atoms. The Morgan fingerprint density at radius 1 is 1.33 bits per heavy atom. The first-order valence-corrected chi connectivity index (χ1v) is 6.80. The molecule has 112 valence electrons. The van der Waals surface area contributed by atoms with Crippen LogP contribution in [0.15, 0.2) is 30.5 Å². The number of aldehydes is 1. The van der Waals surface area contributed by atoms with E-state index in [0.29, 0.717) is 0 Å². The van der Waals surface area contributed by atoms with Gasteiger partial charge >= 0.3 is 6.09 Å². The van der Waals surface area contributed by atoms with Crippen molar-refractivity contribution in [2.24, 2.45) is 0 Å². The minimum atomic E-state index is -0.667. The molecular formula is C16H20N2O3. The van der Waals surface area contributed by atoms with Crippen LogP contribution >= 0.6 is 0 Å². The molecule has 1 N–H and O–H groups in total. The van der Waals surface area contributed by atoms with Gasteiger partial charge in [-0.15, -0.1) is 0 Å². The van der Waals surface area contributed by atoms with Gasteiger partial charge in [0.25, 0.3) is 0 Å². The molecule has 0 fully saturated rings. The summed E-state index contributed by atoms with van der Waals surface area (Å²) in [6.45, 7) is 5.38. The van der Waals surface area contributed by atoms with E-state index in [1.165, 1.54) is 4.90 Å². The Morgan fingerprint density at radius 3 is 2.67 bits per heavy atom. The number of hydrogen-bond donors (Lipinski definition) is 1. The summed E-state index contributed by atoms with van der Waals surface area (Å²) >= 11 is 0. The molecule has 21 heavy (non-hydrogen) atoms. The summed E-state index contributed by atoms with van der Waals surface area (Å²) in [5.74, 6) is 0. The number of aromatic amines is 1. The lowest BCUT2D eigenvalue weighted by Crippen LogP contribution is -2.37. The van der Waals surface area contributed by atoms with E-state index in [0.717, 1.165) is 22.8 Å². The van der Waals surface area contributed by atoms with E-state index >= 15 is 0 Å². The Morgan fingerprint density at radius 2 is 2.05 bits per heavy atom. The third kappa shape index (κ3) is 3.42. The number of nitrogens with zero attached hydrogens (tertiary/aromatic N) is 1. The van der Waals surface area contributed by atoms with Gasteiger partial charge in [-0.3, -0.25) is 4.90 Å². The van der Waals surface area contributed by atoms with Gasteiger partial charge in [0.1, 0.15) is 17.9 Å². The van der Waals surface area contributed by atoms with Gasteiger partial charge in [0.15, 0.2) is 0 Å². The largest absolute Gasteiger partial charge is 0.444 e. The summed E-state index contributed by atoms with van der Waals surface area (Å²) in [6.07, 6.45) is 2.06. The molecule has 0 aliphatic heterocycles. The highest BCUT2D eigenvalue weighted by Gasteiger charge is 2.26. The fraction of sp³-hybridized carbons (Fsp3) is 0.375. The van der Waals surface area contributed by atoms with Gasteiger partial charge in [0, 0.05) is 18.8 Å². The van der Waals surface area contributed by atoms with E-state index in [-0.39, 0.29) is 0 Å². The number of benzene rings is 1. The number of hydrogen-bond acceptors (Lipinski definition) is 3. The monoisotopic (exact) mass is 288 g/mol. The van der Waals surface area contributed by atoms with Crippen molar-refractivity contribution in [3.63, 3.8) is 0 Å². The summed E-state index contributed by atoms with van der Waals surface area (Å²) < 4.78 is 5.30. The molecule has 5 heteroatoms. The molecule has 1 amide bonds. The second kappa shape index (κ2) is 5.60. The van der Waals surface area contributed by atoms with Crippen molar-refractivity contribution in [3.8, 4) is 0 Å². The van der Waals surface area contributed by atoms with Crippen LogP contribution in [0.5, 0.6) is 0 Å². The van der Waals surface area contributed by atoms with Crippen molar-refractivity contribution in [2.75, 3.05) is 7.05 Å². The first-order valence-electron chi connectivity index (χ1n) is 6.80. The molecular weight excluding hydrogens is 268 g/mol. The highest BCUT2D eigenvalue weighted by molar-refractivity contribution is 5.82. The molecule has 0 saturated heterocycles. The number of carbonyl (C=O) groups is 2. The molecule has 0 bridgehead atoms. The summed E-state index contributed by atoms with van der Waals surface area (Å²) in [4.78, 5) is 27.9. The molecule has 1 heterocycles. The highest BCUT2D eigenvalue weighted by Crippen LogP contribution is 2.23. The van der Waals surface area contributed by atoms with Crippen LogP contribution in [-0.2, 0) is 9.53 Å². The molecule has 1 unspecified atom stereocenters. The maximum atomic E-state index is 12.1. The lowest BCUT2D eigenvalue weighted by Gasteiger charge is -2.28. The number of H-pyrrole nitrogens is 1. The van der Waals surface area contributed by atoms with Gasteiger partial charge in [0.05, 0.1) is 0 Å². The van der Waals surface area contributed by atoms with Crippen molar-refractivity contribution < 1.29 is 14.3 Å². The zero-order valence-electron chi connectivity index (χ0n) is 12.7. The Hall–Kier alpha value is -2.30. The van der Waals surface area contributed by atoms with Crippen LogP contribution in [0.3, 0.4) is 0 Å². The molecule has 0 aliphatic carbocycles. The average molecular weight is 288 g/mol. The Balaban J connectivity index is 2.25. The number of carbonyl (C=O) groups excluding carboxylic acids is 2. The molecule has 1 aromatic heterocycles. The van der Waals surface area contributed by atoms with Gasteiger partial charge in [-0.05, 0) is 49.9 Å². The van der Waals surface area contributed by atoms with Crippen LogP contribution in [0.1, 0.15) is 32.4 Å². The number of ether oxygens (including phenoxy) is 1. The first-order chi connectivity index (χ1) is 9.81. The number of nitrogens with one attached hydrogen (secondary N) is 1. The maximum Gasteiger partial charge on any atom is 0.410 e. The van der Waals surface area contributed by atoms with Crippen LogP contribution in [0.2, 0.25) is 0 Å². The van der Waals surface area contributed by atoms with E-state index in [1.54, 1.807) is 27.8 Å². The molecule has 5 nitrogen and oxygen atoms in total. The normalized spacial score (nSPS) is 13.0. The molecule has 2 rings (SSSR count). The summed E-state index contributed by atoms with van der Waals surface area (Å²) in [6, 6.07) is 6.88. The Bertz CT molecular complexity index is 655.